The second-order valence-electron chi connectivity index (χ2n) is 6.54. The van der Waals surface area contributed by atoms with Crippen molar-refractivity contribution in [3.63, 3.8) is 0 Å². The number of methoxy groups -OCH3 is 1. The number of guanidine groups is 1. The summed E-state index contributed by atoms with van der Waals surface area (Å²) < 4.78 is 5.29. The first-order chi connectivity index (χ1) is 11.7. The maximum absolute atomic E-state index is 8.97. The molecule has 0 unspecified atom stereocenters. The van der Waals surface area contributed by atoms with Crippen LogP contribution >= 0.6 is 24.0 Å². The fraction of sp³-hybridized carbons (Fsp3) is 0.579. The third kappa shape index (κ3) is 6.83. The number of hydrogen-bond acceptors (Lipinski definition) is 3. The number of nitrogens with zero attached hydrogens (tertiary/aromatic N) is 2. The Balaban J connectivity index is 0.00000312. The van der Waals surface area contributed by atoms with Crippen molar-refractivity contribution in [3.05, 3.63) is 35.4 Å². The van der Waals surface area contributed by atoms with Gasteiger partial charge in [0.05, 0.1) is 11.6 Å². The third-order valence-electron chi connectivity index (χ3n) is 4.87. The van der Waals surface area contributed by atoms with Crippen LogP contribution in [0.3, 0.4) is 0 Å². The highest BCUT2D eigenvalue weighted by molar-refractivity contribution is 14.0. The van der Waals surface area contributed by atoms with Gasteiger partial charge in [-0.25, -0.2) is 0 Å². The van der Waals surface area contributed by atoms with Crippen molar-refractivity contribution in [2.45, 2.75) is 38.6 Å². The Kier molecular flexibility index (Phi) is 9.83. The molecule has 1 fully saturated rings. The van der Waals surface area contributed by atoms with E-state index in [9.17, 15) is 0 Å². The highest BCUT2D eigenvalue weighted by Crippen LogP contribution is 2.40. The minimum atomic E-state index is 0. The average molecular weight is 456 g/mol. The van der Waals surface area contributed by atoms with Crippen molar-refractivity contribution >= 4 is 29.9 Å². The number of halogens is 1. The van der Waals surface area contributed by atoms with Crippen LogP contribution < -0.4 is 10.6 Å². The summed E-state index contributed by atoms with van der Waals surface area (Å²) in [5, 5.41) is 15.8. The number of aliphatic imine (C=N–C) groups is 1. The van der Waals surface area contributed by atoms with Crippen molar-refractivity contribution in [2.75, 3.05) is 27.3 Å². The van der Waals surface area contributed by atoms with Crippen LogP contribution in [0.2, 0.25) is 0 Å². The fourth-order valence-electron chi connectivity index (χ4n) is 3.39. The van der Waals surface area contributed by atoms with Crippen LogP contribution in [0.25, 0.3) is 0 Å². The minimum absolute atomic E-state index is 0. The molecule has 2 rings (SSSR count). The molecule has 1 aromatic carbocycles. The molecular weight excluding hydrogens is 427 g/mol. The summed E-state index contributed by atoms with van der Waals surface area (Å²) in [6.45, 7) is 2.39. The van der Waals surface area contributed by atoms with E-state index in [-0.39, 0.29) is 24.0 Å². The second-order valence-corrected chi connectivity index (χ2v) is 6.54. The molecule has 5 nitrogen and oxygen atoms in total. The van der Waals surface area contributed by atoms with Gasteiger partial charge in [0.1, 0.15) is 0 Å². The number of hydrogen-bond donors (Lipinski definition) is 2. The van der Waals surface area contributed by atoms with Crippen LogP contribution in [0.5, 0.6) is 0 Å². The van der Waals surface area contributed by atoms with E-state index in [4.69, 9.17) is 10.00 Å². The van der Waals surface area contributed by atoms with Crippen molar-refractivity contribution < 1.29 is 4.74 Å². The highest BCUT2D eigenvalue weighted by Gasteiger charge is 2.33. The molecule has 1 aromatic rings. The zero-order valence-electron chi connectivity index (χ0n) is 15.2. The van der Waals surface area contributed by atoms with E-state index in [2.05, 4.69) is 21.7 Å². The SMILES string of the molecule is CN=C(NCc1cccc(C#N)c1)NCC1(CCOC)CCCC1.I. The number of nitriles is 1. The van der Waals surface area contributed by atoms with Crippen molar-refractivity contribution in [3.8, 4) is 6.07 Å². The first kappa shape index (κ1) is 21.7. The number of ether oxygens (including phenoxy) is 1. The summed E-state index contributed by atoms with van der Waals surface area (Å²) in [6.07, 6.45) is 6.21. The maximum Gasteiger partial charge on any atom is 0.191 e. The second kappa shape index (κ2) is 11.3. The molecule has 6 heteroatoms. The molecule has 0 saturated heterocycles. The van der Waals surface area contributed by atoms with E-state index < -0.39 is 0 Å². The molecule has 0 radical (unpaired) electrons. The molecule has 25 heavy (non-hydrogen) atoms. The van der Waals surface area contributed by atoms with Gasteiger partial charge < -0.3 is 15.4 Å². The Morgan fingerprint density at radius 3 is 2.72 bits per heavy atom. The van der Waals surface area contributed by atoms with E-state index in [0.717, 1.165) is 31.1 Å². The Labute approximate surface area is 168 Å². The molecule has 1 aliphatic carbocycles. The van der Waals surface area contributed by atoms with Gasteiger partial charge in [-0.3, -0.25) is 4.99 Å². The van der Waals surface area contributed by atoms with Crippen molar-refractivity contribution in [1.82, 2.24) is 10.6 Å². The van der Waals surface area contributed by atoms with E-state index in [0.29, 0.717) is 17.5 Å². The standard InChI is InChI=1S/C19H28N4O.HI/c1-21-18(22-14-17-7-5-6-16(12-17)13-20)23-15-19(10-11-24-2)8-3-4-9-19;/h5-7,12H,3-4,8-11,14-15H2,1-2H3,(H2,21,22,23);1H. The molecule has 0 aliphatic heterocycles. The molecule has 2 N–H and O–H groups in total. The van der Waals surface area contributed by atoms with Gasteiger partial charge in [-0.1, -0.05) is 25.0 Å². The topological polar surface area (TPSA) is 69.4 Å². The summed E-state index contributed by atoms with van der Waals surface area (Å²) in [4.78, 5) is 4.32. The molecule has 0 aromatic heterocycles. The molecule has 0 heterocycles. The van der Waals surface area contributed by atoms with Gasteiger partial charge in [0.2, 0.25) is 0 Å². The van der Waals surface area contributed by atoms with Gasteiger partial charge in [-0.2, -0.15) is 5.26 Å². The van der Waals surface area contributed by atoms with Gasteiger partial charge >= 0.3 is 0 Å². The molecule has 0 amide bonds. The Morgan fingerprint density at radius 1 is 1.32 bits per heavy atom. The summed E-state index contributed by atoms with van der Waals surface area (Å²) in [5.74, 6) is 0.807. The van der Waals surface area contributed by atoms with Crippen LogP contribution in [0.4, 0.5) is 0 Å². The lowest BCUT2D eigenvalue weighted by Crippen LogP contribution is -2.43. The van der Waals surface area contributed by atoms with Gasteiger partial charge in [0, 0.05) is 33.9 Å². The van der Waals surface area contributed by atoms with Crippen LogP contribution in [-0.4, -0.2) is 33.3 Å². The normalized spacial score (nSPS) is 16.0. The molecular formula is C19H29IN4O. The summed E-state index contributed by atoms with van der Waals surface area (Å²) in [7, 11) is 3.56. The fourth-order valence-corrected chi connectivity index (χ4v) is 3.39. The van der Waals surface area contributed by atoms with Crippen molar-refractivity contribution in [2.24, 2.45) is 10.4 Å². The smallest absolute Gasteiger partial charge is 0.191 e. The quantitative estimate of drug-likeness (QED) is 0.375. The van der Waals surface area contributed by atoms with Crippen LogP contribution in [0.1, 0.15) is 43.2 Å². The zero-order chi connectivity index (χ0) is 17.3. The Bertz CT molecular complexity index is 591. The third-order valence-corrected chi connectivity index (χ3v) is 4.87. The van der Waals surface area contributed by atoms with E-state index >= 15 is 0 Å². The van der Waals surface area contributed by atoms with Crippen LogP contribution in [0, 0.1) is 16.7 Å². The molecule has 0 spiro atoms. The maximum atomic E-state index is 8.97. The Morgan fingerprint density at radius 2 is 2.08 bits per heavy atom. The average Bonchev–Trinajstić information content (AvgIpc) is 3.09. The predicted molar refractivity (Wildman–Crippen MR) is 112 cm³/mol. The molecule has 138 valence electrons. The van der Waals surface area contributed by atoms with Gasteiger partial charge in [-0.15, -0.1) is 24.0 Å². The van der Waals surface area contributed by atoms with Gasteiger partial charge in [-0.05, 0) is 42.4 Å². The number of benzene rings is 1. The Hall–Kier alpha value is -1.33. The highest BCUT2D eigenvalue weighted by atomic mass is 127. The molecule has 0 atom stereocenters. The first-order valence-electron chi connectivity index (χ1n) is 8.64. The lowest BCUT2D eigenvalue weighted by molar-refractivity contribution is 0.138. The van der Waals surface area contributed by atoms with Crippen molar-refractivity contribution in [1.29, 1.82) is 5.26 Å². The van der Waals surface area contributed by atoms with E-state index in [1.807, 2.05) is 24.3 Å². The predicted octanol–water partition coefficient (Wildman–Crippen LogP) is 3.44. The zero-order valence-corrected chi connectivity index (χ0v) is 17.5. The summed E-state index contributed by atoms with van der Waals surface area (Å²) in [6, 6.07) is 9.80. The van der Waals surface area contributed by atoms with E-state index in [1.54, 1.807) is 14.2 Å². The number of rotatable bonds is 7. The molecule has 0 bridgehead atoms. The largest absolute Gasteiger partial charge is 0.385 e. The first-order valence-corrected chi connectivity index (χ1v) is 8.64. The van der Waals surface area contributed by atoms with Gasteiger partial charge in [0.25, 0.3) is 0 Å². The number of nitrogens with one attached hydrogen (secondary N) is 2. The van der Waals surface area contributed by atoms with Gasteiger partial charge in [0.15, 0.2) is 5.96 Å². The monoisotopic (exact) mass is 456 g/mol. The summed E-state index contributed by atoms with van der Waals surface area (Å²) >= 11 is 0. The molecule has 1 aliphatic rings. The lowest BCUT2D eigenvalue weighted by Gasteiger charge is -2.30. The minimum Gasteiger partial charge on any atom is -0.385 e. The molecule has 1 saturated carbocycles. The van der Waals surface area contributed by atoms with E-state index in [1.165, 1.54) is 25.7 Å². The van der Waals surface area contributed by atoms with Crippen LogP contribution in [-0.2, 0) is 11.3 Å². The lowest BCUT2D eigenvalue weighted by atomic mass is 9.83. The summed E-state index contributed by atoms with van der Waals surface area (Å²) in [5.41, 5.74) is 2.09. The van der Waals surface area contributed by atoms with Crippen LogP contribution in [0.15, 0.2) is 29.3 Å².